The minimum atomic E-state index is -0.0411. The highest BCUT2D eigenvalue weighted by Gasteiger charge is 1.96. The standard InChI is InChI=1S/C13H14N2O/c1-10-8-12(5-6-13(10)9-14)4-3-7-15-11(2)16/h3-6,8H,7H2,1-2H3,(H,15,16). The molecule has 0 aliphatic heterocycles. The van der Waals surface area contributed by atoms with E-state index in [1.54, 1.807) is 6.07 Å². The summed E-state index contributed by atoms with van der Waals surface area (Å²) in [4.78, 5) is 10.6. The van der Waals surface area contributed by atoms with Crippen LogP contribution < -0.4 is 5.32 Å². The number of nitrogens with one attached hydrogen (secondary N) is 1. The Balaban J connectivity index is 2.65. The van der Waals surface area contributed by atoms with Crippen LogP contribution in [0.5, 0.6) is 0 Å². The lowest BCUT2D eigenvalue weighted by Gasteiger charge is -1.99. The number of benzene rings is 1. The van der Waals surface area contributed by atoms with E-state index in [0.29, 0.717) is 12.1 Å². The Kier molecular flexibility index (Phi) is 4.28. The van der Waals surface area contributed by atoms with Crippen molar-refractivity contribution >= 4 is 12.0 Å². The molecule has 16 heavy (non-hydrogen) atoms. The van der Waals surface area contributed by atoms with Crippen molar-refractivity contribution in [3.05, 3.63) is 41.0 Å². The SMILES string of the molecule is CC(=O)NCC=Cc1ccc(C#N)c(C)c1. The largest absolute Gasteiger partial charge is 0.353 e. The molecule has 1 amide bonds. The molecule has 0 heterocycles. The average molecular weight is 214 g/mol. The summed E-state index contributed by atoms with van der Waals surface area (Å²) in [6, 6.07) is 7.75. The zero-order valence-electron chi connectivity index (χ0n) is 9.45. The Labute approximate surface area is 95.4 Å². The molecule has 1 aromatic rings. The number of carbonyl (C=O) groups is 1. The highest BCUT2D eigenvalue weighted by Crippen LogP contribution is 2.11. The molecule has 0 atom stereocenters. The van der Waals surface area contributed by atoms with E-state index in [-0.39, 0.29) is 5.91 Å². The third-order valence-corrected chi connectivity index (χ3v) is 2.15. The molecule has 0 aliphatic carbocycles. The van der Waals surface area contributed by atoms with Gasteiger partial charge in [0.15, 0.2) is 0 Å². The quantitative estimate of drug-likeness (QED) is 0.836. The van der Waals surface area contributed by atoms with Gasteiger partial charge in [0.25, 0.3) is 0 Å². The highest BCUT2D eigenvalue weighted by molar-refractivity contribution is 5.73. The monoisotopic (exact) mass is 214 g/mol. The molecule has 0 bridgehead atoms. The third kappa shape index (κ3) is 3.58. The first-order chi connectivity index (χ1) is 7.63. The summed E-state index contributed by atoms with van der Waals surface area (Å²) in [5.74, 6) is -0.0411. The lowest BCUT2D eigenvalue weighted by atomic mass is 10.1. The molecule has 0 saturated heterocycles. The molecule has 82 valence electrons. The molecule has 3 nitrogen and oxygen atoms in total. The van der Waals surface area contributed by atoms with Crippen molar-refractivity contribution < 1.29 is 4.79 Å². The summed E-state index contributed by atoms with van der Waals surface area (Å²) in [7, 11) is 0. The van der Waals surface area contributed by atoms with Gasteiger partial charge in [0.1, 0.15) is 0 Å². The van der Waals surface area contributed by atoms with Gasteiger partial charge in [-0.15, -0.1) is 0 Å². The van der Waals surface area contributed by atoms with E-state index in [1.807, 2.05) is 31.2 Å². The summed E-state index contributed by atoms with van der Waals surface area (Å²) < 4.78 is 0. The van der Waals surface area contributed by atoms with Crippen LogP contribution in [0.15, 0.2) is 24.3 Å². The van der Waals surface area contributed by atoms with Crippen LogP contribution in [-0.2, 0) is 4.79 Å². The first-order valence-electron chi connectivity index (χ1n) is 5.05. The van der Waals surface area contributed by atoms with Gasteiger partial charge in [0, 0.05) is 13.5 Å². The number of rotatable bonds is 3. The maximum absolute atomic E-state index is 10.6. The Morgan fingerprint density at radius 2 is 2.31 bits per heavy atom. The van der Waals surface area contributed by atoms with Crippen LogP contribution in [0.3, 0.4) is 0 Å². The zero-order chi connectivity index (χ0) is 12.0. The van der Waals surface area contributed by atoms with E-state index in [1.165, 1.54) is 6.92 Å². The molecule has 0 radical (unpaired) electrons. The van der Waals surface area contributed by atoms with E-state index < -0.39 is 0 Å². The van der Waals surface area contributed by atoms with Gasteiger partial charge < -0.3 is 5.32 Å². The number of hydrogen-bond donors (Lipinski definition) is 1. The Morgan fingerprint density at radius 1 is 1.56 bits per heavy atom. The van der Waals surface area contributed by atoms with Crippen LogP contribution in [-0.4, -0.2) is 12.5 Å². The van der Waals surface area contributed by atoms with Gasteiger partial charge in [0.2, 0.25) is 5.91 Å². The van der Waals surface area contributed by atoms with Crippen molar-refractivity contribution in [2.24, 2.45) is 0 Å². The maximum Gasteiger partial charge on any atom is 0.217 e. The summed E-state index contributed by atoms with van der Waals surface area (Å²) in [6.07, 6.45) is 3.80. The van der Waals surface area contributed by atoms with Crippen molar-refractivity contribution in [3.63, 3.8) is 0 Å². The van der Waals surface area contributed by atoms with Crippen molar-refractivity contribution in [1.29, 1.82) is 5.26 Å². The zero-order valence-corrected chi connectivity index (χ0v) is 9.45. The van der Waals surface area contributed by atoms with E-state index >= 15 is 0 Å². The smallest absolute Gasteiger partial charge is 0.217 e. The lowest BCUT2D eigenvalue weighted by Crippen LogP contribution is -2.19. The van der Waals surface area contributed by atoms with Crippen LogP contribution >= 0.6 is 0 Å². The molecule has 3 heteroatoms. The minimum absolute atomic E-state index is 0.0411. The van der Waals surface area contributed by atoms with Crippen molar-refractivity contribution in [2.45, 2.75) is 13.8 Å². The summed E-state index contributed by atoms with van der Waals surface area (Å²) in [5, 5.41) is 11.4. The molecule has 0 aliphatic rings. The van der Waals surface area contributed by atoms with Crippen molar-refractivity contribution in [3.8, 4) is 6.07 Å². The van der Waals surface area contributed by atoms with Gasteiger partial charge in [0.05, 0.1) is 11.6 Å². The number of carbonyl (C=O) groups excluding carboxylic acids is 1. The molecule has 0 unspecified atom stereocenters. The maximum atomic E-state index is 10.6. The predicted octanol–water partition coefficient (Wildman–Crippen LogP) is 2.02. The third-order valence-electron chi connectivity index (χ3n) is 2.15. The summed E-state index contributed by atoms with van der Waals surface area (Å²) in [5.41, 5.74) is 2.69. The van der Waals surface area contributed by atoms with Gasteiger partial charge >= 0.3 is 0 Å². The average Bonchev–Trinajstić information content (AvgIpc) is 2.24. The molecular formula is C13H14N2O. The Bertz CT molecular complexity index is 455. The normalized spacial score (nSPS) is 10.1. The first-order valence-corrected chi connectivity index (χ1v) is 5.05. The van der Waals surface area contributed by atoms with Gasteiger partial charge in [-0.05, 0) is 24.1 Å². The fourth-order valence-electron chi connectivity index (χ4n) is 1.31. The molecule has 0 spiro atoms. The number of hydrogen-bond acceptors (Lipinski definition) is 2. The molecule has 1 rings (SSSR count). The van der Waals surface area contributed by atoms with Gasteiger partial charge in [-0.25, -0.2) is 0 Å². The van der Waals surface area contributed by atoms with Gasteiger partial charge in [-0.1, -0.05) is 24.3 Å². The first kappa shape index (κ1) is 12.0. The van der Waals surface area contributed by atoms with Crippen LogP contribution in [0.1, 0.15) is 23.6 Å². The highest BCUT2D eigenvalue weighted by atomic mass is 16.1. The summed E-state index contributed by atoms with van der Waals surface area (Å²) in [6.45, 7) is 3.91. The van der Waals surface area contributed by atoms with Gasteiger partial charge in [-0.3, -0.25) is 4.79 Å². The number of nitriles is 1. The number of amides is 1. The van der Waals surface area contributed by atoms with E-state index in [2.05, 4.69) is 11.4 Å². The molecular weight excluding hydrogens is 200 g/mol. The van der Waals surface area contributed by atoms with Gasteiger partial charge in [-0.2, -0.15) is 5.26 Å². The second kappa shape index (κ2) is 5.72. The molecule has 0 fully saturated rings. The van der Waals surface area contributed by atoms with E-state index in [9.17, 15) is 4.79 Å². The Hall–Kier alpha value is -2.08. The molecule has 0 aromatic heterocycles. The lowest BCUT2D eigenvalue weighted by molar-refractivity contribution is -0.118. The topological polar surface area (TPSA) is 52.9 Å². The summed E-state index contributed by atoms with van der Waals surface area (Å²) >= 11 is 0. The number of nitrogens with zero attached hydrogens (tertiary/aromatic N) is 1. The predicted molar refractivity (Wildman–Crippen MR) is 63.6 cm³/mol. The number of aryl methyl sites for hydroxylation is 1. The van der Waals surface area contributed by atoms with E-state index in [4.69, 9.17) is 5.26 Å². The fourth-order valence-corrected chi connectivity index (χ4v) is 1.31. The van der Waals surface area contributed by atoms with Crippen LogP contribution in [0.2, 0.25) is 0 Å². The van der Waals surface area contributed by atoms with E-state index in [0.717, 1.165) is 11.1 Å². The molecule has 1 N–H and O–H groups in total. The van der Waals surface area contributed by atoms with Crippen LogP contribution in [0.4, 0.5) is 0 Å². The van der Waals surface area contributed by atoms with Crippen LogP contribution in [0.25, 0.3) is 6.08 Å². The second-order valence-electron chi connectivity index (χ2n) is 3.53. The minimum Gasteiger partial charge on any atom is -0.353 e. The van der Waals surface area contributed by atoms with Crippen molar-refractivity contribution in [1.82, 2.24) is 5.32 Å². The fraction of sp³-hybridized carbons (Fsp3) is 0.231. The van der Waals surface area contributed by atoms with Crippen LogP contribution in [0, 0.1) is 18.3 Å². The Morgan fingerprint density at radius 3 is 2.88 bits per heavy atom. The molecule has 0 saturated carbocycles. The van der Waals surface area contributed by atoms with Crippen molar-refractivity contribution in [2.75, 3.05) is 6.54 Å². The second-order valence-corrected chi connectivity index (χ2v) is 3.53. The molecule has 1 aromatic carbocycles.